The van der Waals surface area contributed by atoms with E-state index in [1.165, 1.54) is 12.0 Å². The summed E-state index contributed by atoms with van der Waals surface area (Å²) in [5.41, 5.74) is 1.36. The maximum atomic E-state index is 5.31. The van der Waals surface area contributed by atoms with Crippen LogP contribution in [0.15, 0.2) is 16.2 Å². The van der Waals surface area contributed by atoms with Crippen LogP contribution < -0.4 is 0 Å². The van der Waals surface area contributed by atoms with Gasteiger partial charge in [-0.3, -0.25) is 4.90 Å². The minimum Gasteiger partial charge on any atom is -0.339 e. The Bertz CT molecular complexity index is 418. The third-order valence-corrected chi connectivity index (χ3v) is 3.35. The molecular formula is C14H23N3O. The summed E-state index contributed by atoms with van der Waals surface area (Å²) in [7, 11) is 0. The first-order valence-electron chi connectivity index (χ1n) is 6.79. The SMILES string of the molecule is CC(C)=CCN1CCC[C@H]1c1noc(C(C)C)n1. The van der Waals surface area contributed by atoms with Gasteiger partial charge in [0.15, 0.2) is 5.82 Å². The van der Waals surface area contributed by atoms with Crippen LogP contribution >= 0.6 is 0 Å². The second-order valence-electron chi connectivity index (χ2n) is 5.58. The van der Waals surface area contributed by atoms with Crippen LogP contribution in [0, 0.1) is 0 Å². The normalized spacial score (nSPS) is 20.6. The van der Waals surface area contributed by atoms with Crippen molar-refractivity contribution in [1.29, 1.82) is 0 Å². The lowest BCUT2D eigenvalue weighted by atomic mass is 10.2. The summed E-state index contributed by atoms with van der Waals surface area (Å²) >= 11 is 0. The molecule has 0 unspecified atom stereocenters. The molecule has 18 heavy (non-hydrogen) atoms. The van der Waals surface area contributed by atoms with Crippen molar-refractivity contribution in [3.05, 3.63) is 23.4 Å². The van der Waals surface area contributed by atoms with E-state index in [2.05, 4.69) is 48.8 Å². The molecule has 1 fully saturated rings. The molecule has 0 amide bonds. The first-order chi connectivity index (χ1) is 8.58. The van der Waals surface area contributed by atoms with Crippen LogP contribution in [0.3, 0.4) is 0 Å². The largest absolute Gasteiger partial charge is 0.339 e. The number of likely N-dealkylation sites (tertiary alicyclic amines) is 1. The molecule has 1 atom stereocenters. The molecule has 1 aromatic rings. The van der Waals surface area contributed by atoms with Gasteiger partial charge < -0.3 is 4.52 Å². The van der Waals surface area contributed by atoms with Gasteiger partial charge in [0, 0.05) is 12.5 Å². The van der Waals surface area contributed by atoms with E-state index in [-0.39, 0.29) is 0 Å². The fraction of sp³-hybridized carbons (Fsp3) is 0.714. The smallest absolute Gasteiger partial charge is 0.229 e. The Morgan fingerprint density at radius 2 is 2.28 bits per heavy atom. The number of hydrogen-bond acceptors (Lipinski definition) is 4. The third kappa shape index (κ3) is 2.99. The summed E-state index contributed by atoms with van der Waals surface area (Å²) < 4.78 is 5.31. The van der Waals surface area contributed by atoms with Gasteiger partial charge in [-0.2, -0.15) is 4.98 Å². The number of aromatic nitrogens is 2. The Balaban J connectivity index is 2.08. The van der Waals surface area contributed by atoms with Gasteiger partial charge in [0.05, 0.1) is 6.04 Å². The first-order valence-corrected chi connectivity index (χ1v) is 6.79. The Hall–Kier alpha value is -1.16. The Kier molecular flexibility index (Phi) is 4.17. The van der Waals surface area contributed by atoms with Crippen molar-refractivity contribution in [2.45, 2.75) is 52.5 Å². The molecule has 1 aliphatic rings. The predicted octanol–water partition coefficient (Wildman–Crippen LogP) is 3.30. The summed E-state index contributed by atoms with van der Waals surface area (Å²) in [5.74, 6) is 1.91. The summed E-state index contributed by atoms with van der Waals surface area (Å²) in [6, 6.07) is 0.330. The second kappa shape index (κ2) is 5.65. The van der Waals surface area contributed by atoms with Crippen molar-refractivity contribution >= 4 is 0 Å². The molecule has 0 radical (unpaired) electrons. The summed E-state index contributed by atoms with van der Waals surface area (Å²) in [6.45, 7) is 10.5. The van der Waals surface area contributed by atoms with Gasteiger partial charge in [0.25, 0.3) is 0 Å². The molecule has 2 rings (SSSR count). The number of rotatable bonds is 4. The van der Waals surface area contributed by atoms with Gasteiger partial charge in [0.2, 0.25) is 5.89 Å². The molecular weight excluding hydrogens is 226 g/mol. The second-order valence-corrected chi connectivity index (χ2v) is 5.58. The maximum Gasteiger partial charge on any atom is 0.229 e. The zero-order valence-electron chi connectivity index (χ0n) is 11.8. The van der Waals surface area contributed by atoms with Crippen LogP contribution in [0.4, 0.5) is 0 Å². The van der Waals surface area contributed by atoms with E-state index in [1.807, 2.05) is 0 Å². The van der Waals surface area contributed by atoms with E-state index in [0.717, 1.165) is 31.2 Å². The van der Waals surface area contributed by atoms with Gasteiger partial charge in [-0.25, -0.2) is 0 Å². The molecule has 0 saturated carbocycles. The minimum absolute atomic E-state index is 0.305. The van der Waals surface area contributed by atoms with E-state index in [1.54, 1.807) is 0 Å². The molecule has 0 N–H and O–H groups in total. The van der Waals surface area contributed by atoms with Crippen molar-refractivity contribution in [3.63, 3.8) is 0 Å². The predicted molar refractivity (Wildman–Crippen MR) is 71.4 cm³/mol. The average Bonchev–Trinajstić information content (AvgIpc) is 2.94. The quantitative estimate of drug-likeness (QED) is 0.768. The average molecular weight is 249 g/mol. The molecule has 100 valence electrons. The maximum absolute atomic E-state index is 5.31. The molecule has 1 saturated heterocycles. The van der Waals surface area contributed by atoms with Crippen LogP contribution in [0.1, 0.15) is 64.2 Å². The zero-order valence-corrected chi connectivity index (χ0v) is 11.8. The van der Waals surface area contributed by atoms with E-state index in [9.17, 15) is 0 Å². The number of nitrogens with zero attached hydrogens (tertiary/aromatic N) is 3. The van der Waals surface area contributed by atoms with Gasteiger partial charge in [0.1, 0.15) is 0 Å². The van der Waals surface area contributed by atoms with E-state index in [4.69, 9.17) is 4.52 Å². The zero-order chi connectivity index (χ0) is 13.1. The molecule has 0 aliphatic carbocycles. The van der Waals surface area contributed by atoms with Crippen LogP contribution in [0.25, 0.3) is 0 Å². The summed E-state index contributed by atoms with van der Waals surface area (Å²) in [5, 5.41) is 4.15. The molecule has 4 nitrogen and oxygen atoms in total. The lowest BCUT2D eigenvalue weighted by Crippen LogP contribution is -2.24. The first kappa shape index (κ1) is 13.3. The number of allylic oxidation sites excluding steroid dienone is 1. The van der Waals surface area contributed by atoms with Crippen molar-refractivity contribution in [1.82, 2.24) is 15.0 Å². The van der Waals surface area contributed by atoms with E-state index in [0.29, 0.717) is 12.0 Å². The molecule has 0 bridgehead atoms. The lowest BCUT2D eigenvalue weighted by Gasteiger charge is -2.20. The third-order valence-electron chi connectivity index (χ3n) is 3.35. The highest BCUT2D eigenvalue weighted by Gasteiger charge is 2.29. The lowest BCUT2D eigenvalue weighted by molar-refractivity contribution is 0.265. The van der Waals surface area contributed by atoms with Crippen LogP contribution in [0.2, 0.25) is 0 Å². The molecule has 0 aromatic carbocycles. The molecule has 2 heterocycles. The highest BCUT2D eigenvalue weighted by Crippen LogP contribution is 2.30. The van der Waals surface area contributed by atoms with Gasteiger partial charge in [-0.1, -0.05) is 30.7 Å². The minimum atomic E-state index is 0.305. The standard InChI is InChI=1S/C14H23N3O/c1-10(2)7-9-17-8-5-6-12(17)13-15-14(11(3)4)18-16-13/h7,11-12H,5-6,8-9H2,1-4H3/t12-/m0/s1. The fourth-order valence-corrected chi connectivity index (χ4v) is 2.25. The highest BCUT2D eigenvalue weighted by molar-refractivity contribution is 5.03. The highest BCUT2D eigenvalue weighted by atomic mass is 16.5. The number of hydrogen-bond donors (Lipinski definition) is 0. The molecule has 1 aromatic heterocycles. The van der Waals surface area contributed by atoms with Crippen LogP contribution in [-0.4, -0.2) is 28.1 Å². The van der Waals surface area contributed by atoms with Crippen molar-refractivity contribution in [2.75, 3.05) is 13.1 Å². The topological polar surface area (TPSA) is 42.2 Å². The van der Waals surface area contributed by atoms with Crippen molar-refractivity contribution in [3.8, 4) is 0 Å². The van der Waals surface area contributed by atoms with Crippen LogP contribution in [0.5, 0.6) is 0 Å². The summed E-state index contributed by atoms with van der Waals surface area (Å²) in [6.07, 6.45) is 4.61. The van der Waals surface area contributed by atoms with E-state index < -0.39 is 0 Å². The molecule has 4 heteroatoms. The van der Waals surface area contributed by atoms with Gasteiger partial charge in [-0.05, 0) is 33.2 Å². The Morgan fingerprint density at radius 3 is 2.89 bits per heavy atom. The van der Waals surface area contributed by atoms with Gasteiger partial charge >= 0.3 is 0 Å². The summed E-state index contributed by atoms with van der Waals surface area (Å²) in [4.78, 5) is 6.96. The van der Waals surface area contributed by atoms with E-state index >= 15 is 0 Å². The van der Waals surface area contributed by atoms with Gasteiger partial charge in [-0.15, -0.1) is 0 Å². The molecule has 1 aliphatic heterocycles. The monoisotopic (exact) mass is 249 g/mol. The van der Waals surface area contributed by atoms with Crippen molar-refractivity contribution < 1.29 is 4.52 Å². The Labute approximate surface area is 109 Å². The molecule has 0 spiro atoms. The van der Waals surface area contributed by atoms with Crippen molar-refractivity contribution in [2.24, 2.45) is 0 Å². The van der Waals surface area contributed by atoms with Crippen LogP contribution in [-0.2, 0) is 0 Å². The Morgan fingerprint density at radius 1 is 1.50 bits per heavy atom. The fourth-order valence-electron chi connectivity index (χ4n) is 2.25.